The van der Waals surface area contributed by atoms with E-state index in [1.165, 1.54) is 31.2 Å². The average molecular weight is 254 g/mol. The molecule has 2 heteroatoms. The summed E-state index contributed by atoms with van der Waals surface area (Å²) in [6.07, 6.45) is 6.62. The molecule has 0 fully saturated rings. The second-order valence-corrected chi connectivity index (χ2v) is 5.54. The Kier molecular flexibility index (Phi) is 6.64. The van der Waals surface area contributed by atoms with Crippen LogP contribution in [-0.2, 0) is 0 Å². The molecule has 0 aliphatic heterocycles. The van der Waals surface area contributed by atoms with E-state index in [4.69, 9.17) is 4.74 Å². The van der Waals surface area contributed by atoms with Gasteiger partial charge in [0.2, 0.25) is 0 Å². The van der Waals surface area contributed by atoms with E-state index in [0.717, 1.165) is 12.2 Å². The minimum atomic E-state index is 0.389. The molecule has 0 amide bonds. The van der Waals surface area contributed by atoms with Crippen molar-refractivity contribution in [3.05, 3.63) is 16.3 Å². The highest BCUT2D eigenvalue weighted by atomic mass is 32.1. The number of hydrogen-bond donors (Lipinski definition) is 0. The lowest BCUT2D eigenvalue weighted by Gasteiger charge is -2.26. The van der Waals surface area contributed by atoms with Crippen LogP contribution in [0.4, 0.5) is 0 Å². The van der Waals surface area contributed by atoms with Gasteiger partial charge in [0.1, 0.15) is 11.9 Å². The summed E-state index contributed by atoms with van der Waals surface area (Å²) in [4.78, 5) is 0. The van der Waals surface area contributed by atoms with Crippen LogP contribution in [0.5, 0.6) is 5.75 Å². The number of hydrogen-bond acceptors (Lipinski definition) is 2. The Labute approximate surface area is 110 Å². The summed E-state index contributed by atoms with van der Waals surface area (Å²) in [5.41, 5.74) is 1.28. The topological polar surface area (TPSA) is 9.23 Å². The van der Waals surface area contributed by atoms with E-state index in [2.05, 4.69) is 38.5 Å². The van der Waals surface area contributed by atoms with Crippen LogP contribution < -0.4 is 4.74 Å². The van der Waals surface area contributed by atoms with Crippen LogP contribution in [0.25, 0.3) is 0 Å². The summed E-state index contributed by atoms with van der Waals surface area (Å²) < 4.78 is 6.19. The molecule has 2 atom stereocenters. The summed E-state index contributed by atoms with van der Waals surface area (Å²) in [6.45, 7) is 8.91. The van der Waals surface area contributed by atoms with Crippen molar-refractivity contribution in [1.29, 1.82) is 0 Å². The van der Waals surface area contributed by atoms with E-state index in [1.54, 1.807) is 11.3 Å². The van der Waals surface area contributed by atoms with Crippen molar-refractivity contribution in [1.82, 2.24) is 0 Å². The molecule has 0 spiro atoms. The van der Waals surface area contributed by atoms with Gasteiger partial charge in [-0.1, -0.05) is 33.6 Å². The lowest BCUT2D eigenvalue weighted by atomic mass is 9.92. The molecule has 98 valence electrons. The Bertz CT molecular complexity index is 306. The average Bonchev–Trinajstić information content (AvgIpc) is 2.74. The normalized spacial score (nSPS) is 14.6. The van der Waals surface area contributed by atoms with Gasteiger partial charge in [-0.25, -0.2) is 0 Å². The first-order valence-corrected chi connectivity index (χ1v) is 7.86. The van der Waals surface area contributed by atoms with Crippen LogP contribution in [-0.4, -0.2) is 6.10 Å². The van der Waals surface area contributed by atoms with Gasteiger partial charge in [0.25, 0.3) is 0 Å². The third-order valence-corrected chi connectivity index (χ3v) is 4.31. The highest BCUT2D eigenvalue weighted by Gasteiger charge is 2.20. The molecule has 0 aliphatic rings. The first-order valence-electron chi connectivity index (χ1n) is 6.92. The lowest BCUT2D eigenvalue weighted by molar-refractivity contribution is 0.119. The summed E-state index contributed by atoms with van der Waals surface area (Å²) >= 11 is 1.73. The van der Waals surface area contributed by atoms with Crippen molar-refractivity contribution >= 4 is 11.3 Å². The molecule has 0 bridgehead atoms. The van der Waals surface area contributed by atoms with Gasteiger partial charge in [0.15, 0.2) is 0 Å². The maximum atomic E-state index is 6.19. The van der Waals surface area contributed by atoms with Crippen molar-refractivity contribution < 1.29 is 4.74 Å². The Balaban J connectivity index is 2.59. The molecule has 1 heterocycles. The predicted octanol–water partition coefficient (Wildman–Crippen LogP) is 5.43. The van der Waals surface area contributed by atoms with Gasteiger partial charge in [-0.15, -0.1) is 11.3 Å². The molecule has 1 aromatic heterocycles. The Morgan fingerprint density at radius 2 is 1.94 bits per heavy atom. The molecule has 1 aromatic rings. The minimum absolute atomic E-state index is 0.389. The van der Waals surface area contributed by atoms with E-state index < -0.39 is 0 Å². The van der Waals surface area contributed by atoms with Crippen LogP contribution in [0.3, 0.4) is 0 Å². The van der Waals surface area contributed by atoms with Crippen LogP contribution in [0.1, 0.15) is 58.4 Å². The quantitative estimate of drug-likeness (QED) is 0.601. The molecule has 0 saturated heterocycles. The fourth-order valence-corrected chi connectivity index (χ4v) is 3.02. The molecule has 1 nitrogen and oxygen atoms in total. The zero-order valence-corrected chi connectivity index (χ0v) is 12.5. The van der Waals surface area contributed by atoms with Gasteiger partial charge < -0.3 is 4.74 Å². The Morgan fingerprint density at radius 3 is 2.41 bits per heavy atom. The SMILES string of the molecule is CCCCC(CC)C(CC)Oc1cscc1C. The standard InChI is InChI=1S/C15H26OS/c1-5-8-9-13(6-2)14(7-3)16-15-11-17-10-12(15)4/h10-11,13-14H,5-9H2,1-4H3. The van der Waals surface area contributed by atoms with Gasteiger partial charge in [0, 0.05) is 10.9 Å². The molecular formula is C15H26OS. The van der Waals surface area contributed by atoms with Gasteiger partial charge in [0.05, 0.1) is 0 Å². The monoisotopic (exact) mass is 254 g/mol. The number of unbranched alkanes of at least 4 members (excludes halogenated alkanes) is 1. The first-order chi connectivity index (χ1) is 8.22. The lowest BCUT2D eigenvalue weighted by Crippen LogP contribution is -2.26. The second-order valence-electron chi connectivity index (χ2n) is 4.79. The van der Waals surface area contributed by atoms with Crippen molar-refractivity contribution in [2.24, 2.45) is 5.92 Å². The molecule has 2 unspecified atom stereocenters. The van der Waals surface area contributed by atoms with Crippen LogP contribution in [0.15, 0.2) is 10.8 Å². The molecule has 1 rings (SSSR count). The number of rotatable bonds is 8. The third kappa shape index (κ3) is 4.34. The Morgan fingerprint density at radius 1 is 1.18 bits per heavy atom. The van der Waals surface area contributed by atoms with Gasteiger partial charge in [-0.2, -0.15) is 0 Å². The van der Waals surface area contributed by atoms with E-state index in [9.17, 15) is 0 Å². The number of thiophene rings is 1. The van der Waals surface area contributed by atoms with Crippen molar-refractivity contribution in [3.8, 4) is 5.75 Å². The number of aryl methyl sites for hydroxylation is 1. The maximum Gasteiger partial charge on any atom is 0.133 e. The molecule has 0 N–H and O–H groups in total. The second kappa shape index (κ2) is 7.75. The zero-order valence-electron chi connectivity index (χ0n) is 11.7. The summed E-state index contributed by atoms with van der Waals surface area (Å²) in [5, 5.41) is 4.29. The van der Waals surface area contributed by atoms with Crippen molar-refractivity contribution in [2.45, 2.75) is 65.9 Å². The summed E-state index contributed by atoms with van der Waals surface area (Å²) in [7, 11) is 0. The van der Waals surface area contributed by atoms with E-state index in [0.29, 0.717) is 12.0 Å². The smallest absolute Gasteiger partial charge is 0.133 e. The van der Waals surface area contributed by atoms with E-state index in [-0.39, 0.29) is 0 Å². The van der Waals surface area contributed by atoms with Crippen molar-refractivity contribution in [2.75, 3.05) is 0 Å². The first kappa shape index (κ1) is 14.6. The fourth-order valence-electron chi connectivity index (χ4n) is 2.26. The molecule has 17 heavy (non-hydrogen) atoms. The minimum Gasteiger partial charge on any atom is -0.489 e. The van der Waals surface area contributed by atoms with Crippen LogP contribution in [0.2, 0.25) is 0 Å². The van der Waals surface area contributed by atoms with Crippen LogP contribution >= 0.6 is 11.3 Å². The number of ether oxygens (including phenoxy) is 1. The Hall–Kier alpha value is -0.500. The summed E-state index contributed by atoms with van der Waals surface area (Å²) in [5.74, 6) is 1.80. The largest absolute Gasteiger partial charge is 0.489 e. The highest BCUT2D eigenvalue weighted by Crippen LogP contribution is 2.28. The molecule has 0 aromatic carbocycles. The van der Waals surface area contributed by atoms with Gasteiger partial charge in [-0.05, 0) is 37.5 Å². The molecule has 0 radical (unpaired) electrons. The predicted molar refractivity (Wildman–Crippen MR) is 77.1 cm³/mol. The van der Waals surface area contributed by atoms with Crippen molar-refractivity contribution in [3.63, 3.8) is 0 Å². The van der Waals surface area contributed by atoms with Gasteiger partial charge >= 0.3 is 0 Å². The molecule has 0 aliphatic carbocycles. The van der Waals surface area contributed by atoms with E-state index >= 15 is 0 Å². The van der Waals surface area contributed by atoms with E-state index in [1.807, 2.05) is 0 Å². The third-order valence-electron chi connectivity index (χ3n) is 3.47. The van der Waals surface area contributed by atoms with Gasteiger partial charge in [-0.3, -0.25) is 0 Å². The highest BCUT2D eigenvalue weighted by molar-refractivity contribution is 7.08. The maximum absolute atomic E-state index is 6.19. The summed E-state index contributed by atoms with van der Waals surface area (Å²) in [6, 6.07) is 0. The fraction of sp³-hybridized carbons (Fsp3) is 0.733. The molecular weight excluding hydrogens is 228 g/mol. The zero-order chi connectivity index (χ0) is 12.7. The molecule has 0 saturated carbocycles. The van der Waals surface area contributed by atoms with Crippen LogP contribution in [0, 0.1) is 12.8 Å².